The summed E-state index contributed by atoms with van der Waals surface area (Å²) < 4.78 is 5.52. The van der Waals surface area contributed by atoms with Gasteiger partial charge in [-0.25, -0.2) is 9.78 Å². The van der Waals surface area contributed by atoms with E-state index in [-0.39, 0.29) is 11.5 Å². The first-order valence-corrected chi connectivity index (χ1v) is 8.84. The van der Waals surface area contributed by atoms with E-state index in [1.54, 1.807) is 0 Å². The van der Waals surface area contributed by atoms with Gasteiger partial charge in [-0.3, -0.25) is 4.98 Å². The van der Waals surface area contributed by atoms with E-state index in [1.807, 2.05) is 38.1 Å². The maximum absolute atomic E-state index is 12.3. The van der Waals surface area contributed by atoms with Gasteiger partial charge in [-0.15, -0.1) is 0 Å². The summed E-state index contributed by atoms with van der Waals surface area (Å²) in [5.41, 5.74) is 0.751. The Hall–Kier alpha value is -1.85. The van der Waals surface area contributed by atoms with E-state index in [0.717, 1.165) is 57.0 Å². The van der Waals surface area contributed by atoms with Gasteiger partial charge in [0.2, 0.25) is 0 Å². The van der Waals surface area contributed by atoms with Crippen LogP contribution in [0.15, 0.2) is 12.4 Å². The SMILES string of the molecule is CCc1cncc(N2CCC3(CCN(C(=O)OC(C)(C)C)C3)C2)n1. The number of carbonyl (C=O) groups excluding carboxylic acids is 1. The third kappa shape index (κ3) is 3.62. The molecule has 1 spiro atoms. The van der Waals surface area contributed by atoms with Gasteiger partial charge >= 0.3 is 6.09 Å². The summed E-state index contributed by atoms with van der Waals surface area (Å²) in [5, 5.41) is 0. The Morgan fingerprint density at radius 1 is 1.25 bits per heavy atom. The second-order valence-corrected chi connectivity index (χ2v) is 8.05. The molecule has 0 aliphatic carbocycles. The molecule has 6 nitrogen and oxygen atoms in total. The Morgan fingerprint density at radius 2 is 2.00 bits per heavy atom. The summed E-state index contributed by atoms with van der Waals surface area (Å²) in [6.45, 7) is 11.3. The van der Waals surface area contributed by atoms with Crippen LogP contribution < -0.4 is 4.90 Å². The minimum atomic E-state index is -0.440. The van der Waals surface area contributed by atoms with E-state index in [0.29, 0.717) is 0 Å². The fourth-order valence-corrected chi connectivity index (χ4v) is 3.60. The molecule has 1 atom stereocenters. The maximum Gasteiger partial charge on any atom is 0.410 e. The summed E-state index contributed by atoms with van der Waals surface area (Å²) in [7, 11) is 0. The maximum atomic E-state index is 12.3. The highest BCUT2D eigenvalue weighted by Gasteiger charge is 2.45. The Balaban J connectivity index is 1.64. The zero-order valence-corrected chi connectivity index (χ0v) is 15.2. The van der Waals surface area contributed by atoms with E-state index in [1.165, 1.54) is 0 Å². The number of amides is 1. The Bertz CT molecular complexity index is 613. The lowest BCUT2D eigenvalue weighted by Gasteiger charge is -2.27. The molecule has 1 aromatic rings. The molecule has 0 N–H and O–H groups in total. The summed E-state index contributed by atoms with van der Waals surface area (Å²) in [5.74, 6) is 0.960. The van der Waals surface area contributed by atoms with Crippen molar-refractivity contribution in [1.82, 2.24) is 14.9 Å². The largest absolute Gasteiger partial charge is 0.444 e. The smallest absolute Gasteiger partial charge is 0.410 e. The van der Waals surface area contributed by atoms with Gasteiger partial charge in [-0.1, -0.05) is 6.92 Å². The first-order chi connectivity index (χ1) is 11.3. The van der Waals surface area contributed by atoms with Crippen molar-refractivity contribution in [2.75, 3.05) is 31.1 Å². The monoisotopic (exact) mass is 332 g/mol. The first-order valence-electron chi connectivity index (χ1n) is 8.84. The van der Waals surface area contributed by atoms with Crippen LogP contribution in [0.4, 0.5) is 10.6 Å². The second kappa shape index (κ2) is 6.22. The summed E-state index contributed by atoms with van der Waals surface area (Å²) in [4.78, 5) is 25.5. The number of hydrogen-bond acceptors (Lipinski definition) is 5. The molecule has 3 heterocycles. The number of ether oxygens (including phenoxy) is 1. The average Bonchev–Trinajstić information content (AvgIpc) is 3.14. The lowest BCUT2D eigenvalue weighted by atomic mass is 9.86. The number of rotatable bonds is 2. The molecule has 1 amide bonds. The molecule has 0 aromatic carbocycles. The van der Waals surface area contributed by atoms with Gasteiger partial charge in [0.1, 0.15) is 11.4 Å². The molecule has 2 aliphatic rings. The van der Waals surface area contributed by atoms with E-state index in [4.69, 9.17) is 4.74 Å². The molecular weight excluding hydrogens is 304 g/mol. The summed E-state index contributed by atoms with van der Waals surface area (Å²) in [6, 6.07) is 0. The molecule has 24 heavy (non-hydrogen) atoms. The highest BCUT2D eigenvalue weighted by Crippen LogP contribution is 2.41. The van der Waals surface area contributed by atoms with E-state index < -0.39 is 5.60 Å². The average molecular weight is 332 g/mol. The third-order valence-electron chi connectivity index (χ3n) is 4.89. The number of likely N-dealkylation sites (tertiary alicyclic amines) is 1. The fourth-order valence-electron chi connectivity index (χ4n) is 3.60. The van der Waals surface area contributed by atoms with Crippen molar-refractivity contribution in [2.45, 2.75) is 52.6 Å². The fraction of sp³-hybridized carbons (Fsp3) is 0.722. The molecule has 2 fully saturated rings. The third-order valence-corrected chi connectivity index (χ3v) is 4.89. The number of nitrogens with zero attached hydrogens (tertiary/aromatic N) is 4. The molecule has 132 valence electrons. The van der Waals surface area contributed by atoms with Crippen LogP contribution in [0.1, 0.15) is 46.2 Å². The Morgan fingerprint density at radius 3 is 2.71 bits per heavy atom. The molecule has 0 saturated carbocycles. The molecule has 6 heteroatoms. The Labute approximate surface area is 144 Å². The quantitative estimate of drug-likeness (QED) is 0.833. The topological polar surface area (TPSA) is 58.6 Å². The molecule has 2 aliphatic heterocycles. The zero-order chi connectivity index (χ0) is 17.4. The molecule has 0 radical (unpaired) electrons. The van der Waals surface area contributed by atoms with Gasteiger partial charge in [0.15, 0.2) is 0 Å². The number of aromatic nitrogens is 2. The van der Waals surface area contributed by atoms with Crippen LogP contribution in [-0.2, 0) is 11.2 Å². The van der Waals surface area contributed by atoms with Crippen molar-refractivity contribution >= 4 is 11.9 Å². The van der Waals surface area contributed by atoms with E-state index >= 15 is 0 Å². The van der Waals surface area contributed by atoms with Crippen molar-refractivity contribution in [2.24, 2.45) is 5.41 Å². The van der Waals surface area contributed by atoms with Crippen molar-refractivity contribution in [3.63, 3.8) is 0 Å². The second-order valence-electron chi connectivity index (χ2n) is 8.05. The summed E-state index contributed by atoms with van der Waals surface area (Å²) in [6.07, 6.45) is 6.50. The van der Waals surface area contributed by atoms with Crippen LogP contribution in [0.5, 0.6) is 0 Å². The zero-order valence-electron chi connectivity index (χ0n) is 15.2. The standard InChI is InChI=1S/C18H28N4O2/c1-5-14-10-19-11-15(20-14)21-8-6-18(12-21)7-9-22(13-18)16(23)24-17(2,3)4/h10-11H,5-9,12-13H2,1-4H3. The number of hydrogen-bond donors (Lipinski definition) is 0. The van der Waals surface area contributed by atoms with Crippen LogP contribution in [-0.4, -0.2) is 52.7 Å². The summed E-state index contributed by atoms with van der Waals surface area (Å²) >= 11 is 0. The van der Waals surface area contributed by atoms with Gasteiger partial charge in [-0.05, 0) is 40.0 Å². The molecule has 1 aromatic heterocycles. The van der Waals surface area contributed by atoms with Crippen molar-refractivity contribution in [3.8, 4) is 0 Å². The van der Waals surface area contributed by atoms with Crippen LogP contribution in [0, 0.1) is 5.41 Å². The molecule has 1 unspecified atom stereocenters. The van der Waals surface area contributed by atoms with Gasteiger partial charge in [-0.2, -0.15) is 0 Å². The van der Waals surface area contributed by atoms with Crippen LogP contribution >= 0.6 is 0 Å². The van der Waals surface area contributed by atoms with Crippen molar-refractivity contribution in [3.05, 3.63) is 18.1 Å². The lowest BCUT2D eigenvalue weighted by molar-refractivity contribution is 0.0276. The highest BCUT2D eigenvalue weighted by atomic mass is 16.6. The first kappa shape index (κ1) is 17.0. The highest BCUT2D eigenvalue weighted by molar-refractivity contribution is 5.68. The van der Waals surface area contributed by atoms with Gasteiger partial charge < -0.3 is 14.5 Å². The molecule has 2 saturated heterocycles. The van der Waals surface area contributed by atoms with Crippen LogP contribution in [0.25, 0.3) is 0 Å². The number of carbonyl (C=O) groups is 1. The van der Waals surface area contributed by atoms with Crippen molar-refractivity contribution in [1.29, 1.82) is 0 Å². The predicted octanol–water partition coefficient (Wildman–Crippen LogP) is 2.88. The molecule has 0 bridgehead atoms. The van der Waals surface area contributed by atoms with E-state index in [9.17, 15) is 4.79 Å². The van der Waals surface area contributed by atoms with Crippen molar-refractivity contribution < 1.29 is 9.53 Å². The molecular formula is C18H28N4O2. The van der Waals surface area contributed by atoms with Gasteiger partial charge in [0.05, 0.1) is 11.9 Å². The van der Waals surface area contributed by atoms with Crippen LogP contribution in [0.3, 0.4) is 0 Å². The lowest BCUT2D eigenvalue weighted by Crippen LogP contribution is -2.37. The Kier molecular flexibility index (Phi) is 4.40. The predicted molar refractivity (Wildman–Crippen MR) is 93.1 cm³/mol. The normalized spacial score (nSPS) is 24.0. The molecule has 3 rings (SSSR count). The minimum Gasteiger partial charge on any atom is -0.444 e. The number of anilines is 1. The minimum absolute atomic E-state index is 0.167. The van der Waals surface area contributed by atoms with E-state index in [2.05, 4.69) is 21.8 Å². The van der Waals surface area contributed by atoms with Crippen LogP contribution in [0.2, 0.25) is 0 Å². The van der Waals surface area contributed by atoms with Gasteiger partial charge in [0.25, 0.3) is 0 Å². The van der Waals surface area contributed by atoms with Gasteiger partial charge in [0, 0.05) is 37.8 Å². The number of aryl methyl sites for hydroxylation is 1.